The van der Waals surface area contributed by atoms with Crippen LogP contribution < -0.4 is 5.32 Å². The topological polar surface area (TPSA) is 12.0 Å². The lowest BCUT2D eigenvalue weighted by Crippen LogP contribution is -2.20. The molecule has 0 aliphatic rings. The predicted octanol–water partition coefficient (Wildman–Crippen LogP) is 5.11. The van der Waals surface area contributed by atoms with Gasteiger partial charge in [-0.05, 0) is 49.6 Å². The van der Waals surface area contributed by atoms with Gasteiger partial charge in [-0.25, -0.2) is 0 Å². The van der Waals surface area contributed by atoms with Crippen LogP contribution in [0.15, 0.2) is 35.3 Å². The van der Waals surface area contributed by atoms with Crippen molar-refractivity contribution < 1.29 is 0 Å². The summed E-state index contributed by atoms with van der Waals surface area (Å²) in [5, 5.41) is 4.28. The van der Waals surface area contributed by atoms with E-state index >= 15 is 0 Å². The van der Waals surface area contributed by atoms with E-state index in [2.05, 4.69) is 40.8 Å². The van der Waals surface area contributed by atoms with Crippen LogP contribution in [0.5, 0.6) is 0 Å². The average Bonchev–Trinajstić information content (AvgIpc) is 2.27. The first-order valence-electron chi connectivity index (χ1n) is 5.97. The van der Waals surface area contributed by atoms with Gasteiger partial charge in [0.05, 0.1) is 0 Å². The molecule has 1 aromatic rings. The Morgan fingerprint density at radius 3 is 2.82 bits per heavy atom. The summed E-state index contributed by atoms with van der Waals surface area (Å²) >= 11 is 9.57. The Hall–Kier alpha value is -0.310. The van der Waals surface area contributed by atoms with Gasteiger partial charge in [-0.1, -0.05) is 40.5 Å². The normalized spacial score (nSPS) is 12.4. The zero-order valence-corrected chi connectivity index (χ0v) is 12.5. The molecule has 0 spiro atoms. The van der Waals surface area contributed by atoms with Crippen molar-refractivity contribution in [1.82, 2.24) is 5.32 Å². The standard InChI is InChI=1S/C14H19BrClN/c1-3-5-6-7-14(17-4-2)11-8-12(15)10-13(16)9-11/h3,8-10,14,17H,1,4-7H2,2H3. The summed E-state index contributed by atoms with van der Waals surface area (Å²) in [6, 6.07) is 6.45. The van der Waals surface area contributed by atoms with Crippen molar-refractivity contribution in [3.8, 4) is 0 Å². The SMILES string of the molecule is C=CCCCC(NCC)c1cc(Cl)cc(Br)c1. The molecule has 0 aromatic heterocycles. The fourth-order valence-electron chi connectivity index (χ4n) is 1.88. The van der Waals surface area contributed by atoms with Gasteiger partial charge in [-0.15, -0.1) is 6.58 Å². The maximum absolute atomic E-state index is 6.08. The fraction of sp³-hybridized carbons (Fsp3) is 0.429. The Labute approximate surface area is 117 Å². The number of unbranched alkanes of at least 4 members (excludes halogenated alkanes) is 1. The molecule has 1 unspecified atom stereocenters. The molecule has 0 fully saturated rings. The van der Waals surface area contributed by atoms with E-state index in [0.717, 1.165) is 35.3 Å². The van der Waals surface area contributed by atoms with Crippen molar-refractivity contribution in [2.24, 2.45) is 0 Å². The highest BCUT2D eigenvalue weighted by atomic mass is 79.9. The molecular formula is C14H19BrClN. The Kier molecular flexibility index (Phi) is 6.86. The van der Waals surface area contributed by atoms with E-state index in [0.29, 0.717) is 6.04 Å². The van der Waals surface area contributed by atoms with E-state index in [1.54, 1.807) is 0 Å². The Morgan fingerprint density at radius 2 is 2.24 bits per heavy atom. The van der Waals surface area contributed by atoms with Crippen molar-refractivity contribution in [3.05, 3.63) is 45.9 Å². The maximum atomic E-state index is 6.08. The predicted molar refractivity (Wildman–Crippen MR) is 79.6 cm³/mol. The highest BCUT2D eigenvalue weighted by Crippen LogP contribution is 2.26. The molecule has 0 saturated carbocycles. The molecule has 1 aromatic carbocycles. The van der Waals surface area contributed by atoms with Gasteiger partial charge in [0.25, 0.3) is 0 Å². The summed E-state index contributed by atoms with van der Waals surface area (Å²) in [6.07, 6.45) is 5.28. The van der Waals surface area contributed by atoms with Crippen molar-refractivity contribution in [2.45, 2.75) is 32.2 Å². The third-order valence-electron chi connectivity index (χ3n) is 2.64. The summed E-state index contributed by atoms with van der Waals surface area (Å²) in [6.45, 7) is 6.84. The Morgan fingerprint density at radius 1 is 1.47 bits per heavy atom. The second-order valence-electron chi connectivity index (χ2n) is 4.03. The van der Waals surface area contributed by atoms with Gasteiger partial charge in [0.2, 0.25) is 0 Å². The largest absolute Gasteiger partial charge is 0.310 e. The van der Waals surface area contributed by atoms with Gasteiger partial charge in [-0.2, -0.15) is 0 Å². The Balaban J connectivity index is 2.76. The van der Waals surface area contributed by atoms with Crippen LogP contribution in [0, 0.1) is 0 Å². The van der Waals surface area contributed by atoms with Gasteiger partial charge in [-0.3, -0.25) is 0 Å². The molecule has 0 aliphatic heterocycles. The molecule has 0 bridgehead atoms. The third-order valence-corrected chi connectivity index (χ3v) is 3.31. The van der Waals surface area contributed by atoms with Crippen LogP contribution in [0.4, 0.5) is 0 Å². The van der Waals surface area contributed by atoms with Crippen LogP contribution in [-0.4, -0.2) is 6.54 Å². The van der Waals surface area contributed by atoms with Crippen LogP contribution >= 0.6 is 27.5 Å². The summed E-state index contributed by atoms with van der Waals surface area (Å²) in [7, 11) is 0. The zero-order chi connectivity index (χ0) is 12.7. The number of hydrogen-bond donors (Lipinski definition) is 1. The number of nitrogens with one attached hydrogen (secondary N) is 1. The van der Waals surface area contributed by atoms with E-state index in [1.807, 2.05) is 18.2 Å². The maximum Gasteiger partial charge on any atom is 0.0420 e. The molecule has 1 rings (SSSR count). The van der Waals surface area contributed by atoms with Crippen LogP contribution in [0.3, 0.4) is 0 Å². The van der Waals surface area contributed by atoms with E-state index in [9.17, 15) is 0 Å². The highest BCUT2D eigenvalue weighted by molar-refractivity contribution is 9.10. The molecule has 1 N–H and O–H groups in total. The van der Waals surface area contributed by atoms with Crippen LogP contribution in [-0.2, 0) is 0 Å². The van der Waals surface area contributed by atoms with Gasteiger partial charge in [0.15, 0.2) is 0 Å². The Bertz CT molecular complexity index is 345. The average molecular weight is 317 g/mol. The molecule has 0 amide bonds. The molecule has 1 nitrogen and oxygen atoms in total. The van der Waals surface area contributed by atoms with Crippen molar-refractivity contribution in [1.29, 1.82) is 0 Å². The lowest BCUT2D eigenvalue weighted by atomic mass is 10.0. The van der Waals surface area contributed by atoms with Crippen molar-refractivity contribution in [3.63, 3.8) is 0 Å². The summed E-state index contributed by atoms with van der Waals surface area (Å²) in [5.41, 5.74) is 1.25. The molecule has 3 heteroatoms. The second-order valence-corrected chi connectivity index (χ2v) is 5.38. The molecule has 0 saturated heterocycles. The molecule has 0 aliphatic carbocycles. The second kappa shape index (κ2) is 7.91. The summed E-state index contributed by atoms with van der Waals surface area (Å²) < 4.78 is 1.03. The monoisotopic (exact) mass is 315 g/mol. The fourth-order valence-corrected chi connectivity index (χ4v) is 2.76. The molecular weight excluding hydrogens is 298 g/mol. The molecule has 0 radical (unpaired) electrons. The van der Waals surface area contributed by atoms with Gasteiger partial charge >= 0.3 is 0 Å². The van der Waals surface area contributed by atoms with Gasteiger partial charge < -0.3 is 5.32 Å². The molecule has 1 atom stereocenters. The van der Waals surface area contributed by atoms with E-state index in [-0.39, 0.29) is 0 Å². The molecule has 0 heterocycles. The van der Waals surface area contributed by atoms with Gasteiger partial charge in [0, 0.05) is 15.5 Å². The first-order chi connectivity index (χ1) is 8.17. The van der Waals surface area contributed by atoms with Gasteiger partial charge in [0.1, 0.15) is 0 Å². The van der Waals surface area contributed by atoms with Crippen LogP contribution in [0.25, 0.3) is 0 Å². The third kappa shape index (κ3) is 5.24. The minimum atomic E-state index is 0.370. The minimum Gasteiger partial charge on any atom is -0.310 e. The number of benzene rings is 1. The van der Waals surface area contributed by atoms with Crippen LogP contribution in [0.2, 0.25) is 5.02 Å². The number of halogens is 2. The van der Waals surface area contributed by atoms with E-state index in [4.69, 9.17) is 11.6 Å². The number of rotatable bonds is 7. The summed E-state index contributed by atoms with van der Waals surface area (Å²) in [4.78, 5) is 0. The van der Waals surface area contributed by atoms with Crippen molar-refractivity contribution in [2.75, 3.05) is 6.54 Å². The molecule has 17 heavy (non-hydrogen) atoms. The number of hydrogen-bond acceptors (Lipinski definition) is 1. The number of allylic oxidation sites excluding steroid dienone is 1. The summed E-state index contributed by atoms with van der Waals surface area (Å²) in [5.74, 6) is 0. The molecule has 94 valence electrons. The first-order valence-corrected chi connectivity index (χ1v) is 7.14. The minimum absolute atomic E-state index is 0.370. The van der Waals surface area contributed by atoms with E-state index < -0.39 is 0 Å². The van der Waals surface area contributed by atoms with Crippen molar-refractivity contribution >= 4 is 27.5 Å². The highest BCUT2D eigenvalue weighted by Gasteiger charge is 2.11. The van der Waals surface area contributed by atoms with E-state index in [1.165, 1.54) is 5.56 Å². The quantitative estimate of drug-likeness (QED) is 0.544. The smallest absolute Gasteiger partial charge is 0.0420 e. The zero-order valence-electron chi connectivity index (χ0n) is 10.2. The first kappa shape index (κ1) is 14.7. The lowest BCUT2D eigenvalue weighted by molar-refractivity contribution is 0.500. The van der Waals surface area contributed by atoms with Crippen LogP contribution in [0.1, 0.15) is 37.8 Å². The lowest BCUT2D eigenvalue weighted by Gasteiger charge is -2.18.